The van der Waals surface area contributed by atoms with Crippen molar-refractivity contribution in [1.82, 2.24) is 0 Å². The Morgan fingerprint density at radius 3 is 2.87 bits per heavy atom. The predicted molar refractivity (Wildman–Crippen MR) is 94.4 cm³/mol. The fraction of sp³-hybridized carbons (Fsp3) is 0.333. The zero-order valence-corrected chi connectivity index (χ0v) is 13.0. The monoisotopic (exact) mass is 307 g/mol. The highest BCUT2D eigenvalue weighted by Crippen LogP contribution is 2.32. The van der Waals surface area contributed by atoms with E-state index in [0.29, 0.717) is 5.92 Å². The molecule has 1 atom stereocenters. The van der Waals surface area contributed by atoms with Gasteiger partial charge in [-0.3, -0.25) is 4.99 Å². The van der Waals surface area contributed by atoms with Crippen molar-refractivity contribution in [2.75, 3.05) is 23.7 Å². The fourth-order valence-electron chi connectivity index (χ4n) is 2.99. The summed E-state index contributed by atoms with van der Waals surface area (Å²) in [5.41, 5.74) is 10.2. The molecule has 0 spiro atoms. The molecular formula is C18H21N5. The van der Waals surface area contributed by atoms with Gasteiger partial charge in [-0.15, -0.1) is 0 Å². The summed E-state index contributed by atoms with van der Waals surface area (Å²) in [6, 6.07) is 10.3. The average Bonchev–Trinajstić information content (AvgIpc) is 2.55. The number of allylic oxidation sites excluding steroid dienone is 2. The van der Waals surface area contributed by atoms with Crippen molar-refractivity contribution in [2.24, 2.45) is 16.6 Å². The van der Waals surface area contributed by atoms with Gasteiger partial charge in [0.2, 0.25) is 0 Å². The van der Waals surface area contributed by atoms with Crippen LogP contribution in [0.15, 0.2) is 52.7 Å². The number of nitrogens with one attached hydrogen (secondary N) is 2. The Morgan fingerprint density at radius 2 is 2.13 bits per heavy atom. The molecule has 0 radical (unpaired) electrons. The van der Waals surface area contributed by atoms with Gasteiger partial charge in [-0.25, -0.2) is 0 Å². The molecule has 4 N–H and O–H groups in total. The molecular weight excluding hydrogens is 286 g/mol. The van der Waals surface area contributed by atoms with Crippen molar-refractivity contribution in [3.05, 3.63) is 47.7 Å². The molecule has 1 aliphatic heterocycles. The van der Waals surface area contributed by atoms with E-state index in [2.05, 4.69) is 33.8 Å². The quantitative estimate of drug-likeness (QED) is 0.589. The predicted octanol–water partition coefficient (Wildman–Crippen LogP) is 2.67. The van der Waals surface area contributed by atoms with Crippen LogP contribution in [0.1, 0.15) is 12.8 Å². The van der Waals surface area contributed by atoms with Crippen LogP contribution in [-0.2, 0) is 0 Å². The minimum atomic E-state index is 0.120. The maximum Gasteiger partial charge on any atom is 0.0911 e. The lowest BCUT2D eigenvalue weighted by molar-refractivity contribution is 0.431. The molecule has 118 valence electrons. The maximum atomic E-state index is 8.59. The molecule has 0 aromatic heterocycles. The van der Waals surface area contributed by atoms with E-state index in [1.807, 2.05) is 18.3 Å². The van der Waals surface area contributed by atoms with Gasteiger partial charge < -0.3 is 16.4 Å². The number of hydrogen-bond donors (Lipinski definition) is 3. The molecule has 1 fully saturated rings. The summed E-state index contributed by atoms with van der Waals surface area (Å²) in [6.07, 6.45) is 7.13. The van der Waals surface area contributed by atoms with Crippen molar-refractivity contribution in [3.63, 3.8) is 0 Å². The zero-order chi connectivity index (χ0) is 16.1. The number of benzene rings is 1. The first-order chi connectivity index (χ1) is 11.3. The first-order valence-corrected chi connectivity index (χ1v) is 7.88. The van der Waals surface area contributed by atoms with E-state index in [0.717, 1.165) is 42.9 Å². The molecule has 5 heteroatoms. The Hall–Kier alpha value is -2.74. The summed E-state index contributed by atoms with van der Waals surface area (Å²) >= 11 is 0. The molecule has 5 nitrogen and oxygen atoms in total. The van der Waals surface area contributed by atoms with E-state index < -0.39 is 0 Å². The van der Waals surface area contributed by atoms with Gasteiger partial charge in [0.05, 0.1) is 23.5 Å². The molecule has 3 rings (SSSR count). The van der Waals surface area contributed by atoms with Gasteiger partial charge in [0.25, 0.3) is 0 Å². The standard InChI is InChI=1S/C18H21N5/c19-6-5-13-7-14(8-13)10-21-11-15(9-20)18-12-22-16-3-1-2-4-17(16)23-18/h1-5,9,11,14,18,22-23H,7-8,10,12,20H2. The number of anilines is 2. The molecule has 1 heterocycles. The SMILES string of the molecule is N#CC=C1CC(CN=CC(=CN)C2CNc3ccccc3N2)C1. The van der Waals surface area contributed by atoms with Gasteiger partial charge in [-0.1, -0.05) is 17.7 Å². The summed E-state index contributed by atoms with van der Waals surface area (Å²) in [4.78, 5) is 4.54. The maximum absolute atomic E-state index is 8.59. The number of nitrogens with zero attached hydrogens (tertiary/aromatic N) is 2. The van der Waals surface area contributed by atoms with Gasteiger partial charge in [-0.05, 0) is 30.9 Å². The normalized spacial score (nSPS) is 23.3. The van der Waals surface area contributed by atoms with Crippen molar-refractivity contribution < 1.29 is 0 Å². The third-order valence-electron chi connectivity index (χ3n) is 4.32. The van der Waals surface area contributed by atoms with Crippen molar-refractivity contribution >= 4 is 17.6 Å². The summed E-state index contributed by atoms with van der Waals surface area (Å²) < 4.78 is 0. The average molecular weight is 307 g/mol. The Balaban J connectivity index is 1.54. The minimum absolute atomic E-state index is 0.120. The first-order valence-electron chi connectivity index (χ1n) is 7.88. The Kier molecular flexibility index (Phi) is 4.62. The van der Waals surface area contributed by atoms with E-state index >= 15 is 0 Å². The van der Waals surface area contributed by atoms with Crippen LogP contribution in [0.4, 0.5) is 11.4 Å². The Bertz CT molecular complexity index is 688. The van der Waals surface area contributed by atoms with Crippen molar-refractivity contribution in [2.45, 2.75) is 18.9 Å². The van der Waals surface area contributed by atoms with Crippen molar-refractivity contribution in [3.8, 4) is 6.07 Å². The number of hydrogen-bond acceptors (Lipinski definition) is 5. The smallest absolute Gasteiger partial charge is 0.0911 e. The third kappa shape index (κ3) is 3.54. The lowest BCUT2D eigenvalue weighted by atomic mass is 9.80. The zero-order valence-electron chi connectivity index (χ0n) is 13.0. The second-order valence-corrected chi connectivity index (χ2v) is 5.99. The summed E-state index contributed by atoms with van der Waals surface area (Å²) in [6.45, 7) is 1.57. The second-order valence-electron chi connectivity index (χ2n) is 5.99. The number of nitrogens with two attached hydrogens (primary N) is 1. The van der Waals surface area contributed by atoms with Gasteiger partial charge >= 0.3 is 0 Å². The topological polar surface area (TPSA) is 86.2 Å². The molecule has 0 bridgehead atoms. The van der Waals surface area contributed by atoms with Crippen LogP contribution in [0.3, 0.4) is 0 Å². The van der Waals surface area contributed by atoms with Crippen molar-refractivity contribution in [1.29, 1.82) is 5.26 Å². The van der Waals surface area contributed by atoms with Gasteiger partial charge in [0, 0.05) is 37.2 Å². The Labute approximate surface area is 136 Å². The molecule has 23 heavy (non-hydrogen) atoms. The van der Waals surface area contributed by atoms with Crippen LogP contribution >= 0.6 is 0 Å². The lowest BCUT2D eigenvalue weighted by Gasteiger charge is -2.29. The lowest BCUT2D eigenvalue weighted by Crippen LogP contribution is -2.35. The molecule has 1 aliphatic carbocycles. The van der Waals surface area contributed by atoms with E-state index in [9.17, 15) is 0 Å². The number of aliphatic imine (C=N–C) groups is 1. The molecule has 0 amide bonds. The Morgan fingerprint density at radius 1 is 1.35 bits per heavy atom. The molecule has 1 unspecified atom stereocenters. The minimum Gasteiger partial charge on any atom is -0.404 e. The molecule has 1 saturated carbocycles. The van der Waals surface area contributed by atoms with E-state index in [4.69, 9.17) is 11.0 Å². The highest BCUT2D eigenvalue weighted by Gasteiger charge is 2.23. The van der Waals surface area contributed by atoms with E-state index in [1.165, 1.54) is 5.57 Å². The molecule has 1 aromatic rings. The second kappa shape index (κ2) is 7.01. The van der Waals surface area contributed by atoms with Gasteiger partial charge in [0.15, 0.2) is 0 Å². The molecule has 2 aliphatic rings. The van der Waals surface area contributed by atoms with Gasteiger partial charge in [-0.2, -0.15) is 5.26 Å². The van der Waals surface area contributed by atoms with Crippen LogP contribution in [0, 0.1) is 17.2 Å². The number of rotatable bonds is 4. The van der Waals surface area contributed by atoms with Crippen LogP contribution in [0.25, 0.3) is 0 Å². The van der Waals surface area contributed by atoms with E-state index in [1.54, 1.807) is 12.3 Å². The fourth-order valence-corrected chi connectivity index (χ4v) is 2.99. The van der Waals surface area contributed by atoms with Gasteiger partial charge in [0.1, 0.15) is 0 Å². The third-order valence-corrected chi connectivity index (χ3v) is 4.32. The summed E-state index contributed by atoms with van der Waals surface area (Å²) in [7, 11) is 0. The molecule has 1 aromatic carbocycles. The summed E-state index contributed by atoms with van der Waals surface area (Å²) in [5, 5.41) is 15.5. The number of para-hydroxylation sites is 2. The number of nitriles is 1. The summed E-state index contributed by atoms with van der Waals surface area (Å²) in [5.74, 6) is 0.558. The largest absolute Gasteiger partial charge is 0.404 e. The van der Waals surface area contributed by atoms with Crippen LogP contribution < -0.4 is 16.4 Å². The van der Waals surface area contributed by atoms with Crippen LogP contribution in [0.2, 0.25) is 0 Å². The highest BCUT2D eigenvalue weighted by molar-refractivity contribution is 5.83. The highest BCUT2D eigenvalue weighted by atomic mass is 15.1. The number of fused-ring (bicyclic) bond motifs is 1. The van der Waals surface area contributed by atoms with Crippen LogP contribution in [-0.4, -0.2) is 25.3 Å². The van der Waals surface area contributed by atoms with E-state index in [-0.39, 0.29) is 6.04 Å². The molecule has 0 saturated heterocycles. The first kappa shape index (κ1) is 15.2. The van der Waals surface area contributed by atoms with Crippen LogP contribution in [0.5, 0.6) is 0 Å².